The Bertz CT molecular complexity index is 1260. The summed E-state index contributed by atoms with van der Waals surface area (Å²) in [4.78, 5) is 38.4. The number of rotatable bonds is 3. The molecule has 0 bridgehead atoms. The van der Waals surface area contributed by atoms with Crippen molar-refractivity contribution in [3.63, 3.8) is 0 Å². The zero-order valence-corrected chi connectivity index (χ0v) is 16.6. The van der Waals surface area contributed by atoms with Gasteiger partial charge in [0.05, 0.1) is 5.69 Å². The molecule has 31 heavy (non-hydrogen) atoms. The smallest absolute Gasteiger partial charge is 0.318 e. The summed E-state index contributed by atoms with van der Waals surface area (Å²) < 4.78 is 28.7. The minimum atomic E-state index is -0.913. The van der Waals surface area contributed by atoms with Crippen molar-refractivity contribution in [3.05, 3.63) is 88.8 Å². The molecule has 8 heteroatoms. The van der Waals surface area contributed by atoms with E-state index in [4.69, 9.17) is 0 Å². The minimum Gasteiger partial charge on any atom is -0.318 e. The molecule has 6 nitrogen and oxygen atoms in total. The van der Waals surface area contributed by atoms with Gasteiger partial charge in [-0.1, -0.05) is 6.07 Å². The third-order valence-electron chi connectivity index (χ3n) is 5.02. The van der Waals surface area contributed by atoms with Crippen LogP contribution in [0.25, 0.3) is 11.8 Å². The fourth-order valence-electron chi connectivity index (χ4n) is 3.58. The van der Waals surface area contributed by atoms with E-state index in [0.29, 0.717) is 16.9 Å². The Morgan fingerprint density at radius 1 is 0.871 bits per heavy atom. The second-order valence-electron chi connectivity index (χ2n) is 7.08. The summed E-state index contributed by atoms with van der Waals surface area (Å²) in [5.41, 5.74) is 2.50. The molecule has 0 aliphatic carbocycles. The van der Waals surface area contributed by atoms with Gasteiger partial charge in [0.25, 0.3) is 11.8 Å². The van der Waals surface area contributed by atoms with Crippen LogP contribution >= 0.6 is 0 Å². The first-order valence-electron chi connectivity index (χ1n) is 9.38. The minimum absolute atomic E-state index is 0.132. The van der Waals surface area contributed by atoms with E-state index >= 15 is 0 Å². The van der Waals surface area contributed by atoms with Gasteiger partial charge in [-0.15, -0.1) is 0 Å². The third kappa shape index (κ3) is 3.63. The number of benzene rings is 2. The van der Waals surface area contributed by atoms with Gasteiger partial charge >= 0.3 is 6.03 Å². The van der Waals surface area contributed by atoms with Gasteiger partial charge < -0.3 is 4.57 Å². The number of hydrogen-bond donors (Lipinski definition) is 1. The van der Waals surface area contributed by atoms with Gasteiger partial charge in [-0.2, -0.15) is 0 Å². The molecule has 156 valence electrons. The van der Waals surface area contributed by atoms with Gasteiger partial charge in [0.15, 0.2) is 0 Å². The molecule has 1 aromatic heterocycles. The number of urea groups is 1. The molecule has 2 aromatic carbocycles. The molecule has 1 saturated heterocycles. The van der Waals surface area contributed by atoms with Crippen molar-refractivity contribution < 1.29 is 23.2 Å². The van der Waals surface area contributed by atoms with Gasteiger partial charge in [0, 0.05) is 17.1 Å². The predicted octanol–water partition coefficient (Wildman–Crippen LogP) is 4.04. The molecule has 0 saturated carbocycles. The van der Waals surface area contributed by atoms with Gasteiger partial charge in [-0.05, 0) is 74.0 Å². The number of halogens is 2. The summed E-state index contributed by atoms with van der Waals surface area (Å²) in [7, 11) is 0. The lowest BCUT2D eigenvalue weighted by molar-refractivity contribution is -0.122. The Morgan fingerprint density at radius 2 is 1.58 bits per heavy atom. The lowest BCUT2D eigenvalue weighted by atomic mass is 10.1. The highest BCUT2D eigenvalue weighted by Gasteiger charge is 2.37. The molecule has 1 fully saturated rings. The molecule has 1 aliphatic rings. The van der Waals surface area contributed by atoms with Crippen molar-refractivity contribution >= 4 is 29.6 Å². The van der Waals surface area contributed by atoms with Crippen molar-refractivity contribution in [2.24, 2.45) is 0 Å². The van der Waals surface area contributed by atoms with Crippen LogP contribution in [0.15, 0.2) is 60.2 Å². The number of barbiturate groups is 1. The van der Waals surface area contributed by atoms with E-state index in [1.54, 1.807) is 29.7 Å². The number of imide groups is 2. The Kier molecular flexibility index (Phi) is 4.98. The number of carbonyl (C=O) groups is 3. The summed E-state index contributed by atoms with van der Waals surface area (Å²) in [6.45, 7) is 3.59. The van der Waals surface area contributed by atoms with Crippen LogP contribution in [-0.4, -0.2) is 22.4 Å². The average molecular weight is 421 g/mol. The highest BCUT2D eigenvalue weighted by molar-refractivity contribution is 6.39. The highest BCUT2D eigenvalue weighted by Crippen LogP contribution is 2.26. The topological polar surface area (TPSA) is 71.4 Å². The van der Waals surface area contributed by atoms with Crippen molar-refractivity contribution in [1.29, 1.82) is 0 Å². The molecule has 0 atom stereocenters. The average Bonchev–Trinajstić information content (AvgIpc) is 2.99. The van der Waals surface area contributed by atoms with Crippen LogP contribution < -0.4 is 10.2 Å². The van der Waals surface area contributed by atoms with Crippen LogP contribution in [0.2, 0.25) is 0 Å². The van der Waals surface area contributed by atoms with Crippen LogP contribution in [0.1, 0.15) is 17.0 Å². The van der Waals surface area contributed by atoms with Crippen LogP contribution in [0.5, 0.6) is 0 Å². The molecule has 0 spiro atoms. The van der Waals surface area contributed by atoms with E-state index in [-0.39, 0.29) is 17.1 Å². The van der Waals surface area contributed by atoms with E-state index in [1.807, 2.05) is 6.92 Å². The lowest BCUT2D eigenvalue weighted by Crippen LogP contribution is -2.54. The van der Waals surface area contributed by atoms with E-state index in [1.165, 1.54) is 30.3 Å². The number of aryl methyl sites for hydroxylation is 1. The number of nitrogens with zero attached hydrogens (tertiary/aromatic N) is 2. The highest BCUT2D eigenvalue weighted by atomic mass is 19.1. The first kappa shape index (κ1) is 20.2. The maximum absolute atomic E-state index is 13.7. The first-order valence-corrected chi connectivity index (χ1v) is 9.38. The number of nitrogens with one attached hydrogen (secondary N) is 1. The lowest BCUT2D eigenvalue weighted by Gasteiger charge is -2.26. The fourth-order valence-corrected chi connectivity index (χ4v) is 3.58. The standard InChI is InChI=1S/C23H17F2N3O3/c1-13-10-15(14(2)27(13)19-5-3-4-17(25)12-19)11-20-21(29)26-23(31)28(22(20)30)18-8-6-16(24)7-9-18/h3-12H,1-2H3,(H,26,29,31)/b20-11+. The second-order valence-corrected chi connectivity index (χ2v) is 7.08. The summed E-state index contributed by atoms with van der Waals surface area (Å²) in [6.07, 6.45) is 1.39. The largest absolute Gasteiger partial charge is 0.335 e. The maximum Gasteiger partial charge on any atom is 0.335 e. The molecule has 0 radical (unpaired) electrons. The van der Waals surface area contributed by atoms with Crippen molar-refractivity contribution in [2.75, 3.05) is 4.90 Å². The molecule has 4 amide bonds. The van der Waals surface area contributed by atoms with E-state index in [9.17, 15) is 23.2 Å². The van der Waals surface area contributed by atoms with Crippen LogP contribution in [-0.2, 0) is 9.59 Å². The number of anilines is 1. The zero-order chi connectivity index (χ0) is 22.3. The SMILES string of the molecule is Cc1cc(/C=C2\C(=O)NC(=O)N(c3ccc(F)cc3)C2=O)c(C)n1-c1cccc(F)c1. The number of carbonyl (C=O) groups excluding carboxylic acids is 3. The molecule has 1 N–H and O–H groups in total. The van der Waals surface area contributed by atoms with Gasteiger partial charge in [0.2, 0.25) is 0 Å². The monoisotopic (exact) mass is 421 g/mol. The Labute approximate surface area is 176 Å². The number of amides is 4. The van der Waals surface area contributed by atoms with Crippen LogP contribution in [0.4, 0.5) is 19.3 Å². The Balaban J connectivity index is 1.76. The van der Waals surface area contributed by atoms with E-state index < -0.39 is 23.7 Å². The second kappa shape index (κ2) is 7.64. The summed E-state index contributed by atoms with van der Waals surface area (Å²) >= 11 is 0. The quantitative estimate of drug-likeness (QED) is 0.513. The number of hydrogen-bond acceptors (Lipinski definition) is 3. The predicted molar refractivity (Wildman–Crippen MR) is 111 cm³/mol. The van der Waals surface area contributed by atoms with E-state index in [0.717, 1.165) is 22.7 Å². The van der Waals surface area contributed by atoms with Crippen molar-refractivity contribution in [2.45, 2.75) is 13.8 Å². The summed E-state index contributed by atoms with van der Waals surface area (Å²) in [5, 5.41) is 2.13. The summed E-state index contributed by atoms with van der Waals surface area (Å²) in [6, 6.07) is 11.7. The third-order valence-corrected chi connectivity index (χ3v) is 5.02. The normalized spacial score (nSPS) is 15.5. The van der Waals surface area contributed by atoms with Crippen molar-refractivity contribution in [1.82, 2.24) is 9.88 Å². The molecule has 0 unspecified atom stereocenters. The van der Waals surface area contributed by atoms with Gasteiger partial charge in [-0.25, -0.2) is 18.5 Å². The van der Waals surface area contributed by atoms with Gasteiger partial charge in [0.1, 0.15) is 17.2 Å². The number of aromatic nitrogens is 1. The molecule has 2 heterocycles. The molecular weight excluding hydrogens is 404 g/mol. The summed E-state index contributed by atoms with van der Waals surface area (Å²) in [5.74, 6) is -2.56. The zero-order valence-electron chi connectivity index (χ0n) is 16.6. The van der Waals surface area contributed by atoms with Gasteiger partial charge in [-0.3, -0.25) is 14.9 Å². The molecular formula is C23H17F2N3O3. The molecule has 4 rings (SSSR count). The van der Waals surface area contributed by atoms with Crippen molar-refractivity contribution in [3.8, 4) is 5.69 Å². The maximum atomic E-state index is 13.7. The fraction of sp³-hybridized carbons (Fsp3) is 0.0870. The van der Waals surface area contributed by atoms with Crippen LogP contribution in [0.3, 0.4) is 0 Å². The molecule has 1 aliphatic heterocycles. The first-order chi connectivity index (χ1) is 14.8. The molecule has 3 aromatic rings. The van der Waals surface area contributed by atoms with Crippen LogP contribution in [0, 0.1) is 25.5 Å². The Morgan fingerprint density at radius 3 is 2.26 bits per heavy atom. The Hall–Kier alpha value is -4.07. The van der Waals surface area contributed by atoms with E-state index in [2.05, 4.69) is 5.32 Å².